The summed E-state index contributed by atoms with van der Waals surface area (Å²) in [5, 5.41) is 16.2. The van der Waals surface area contributed by atoms with Gasteiger partial charge in [0.1, 0.15) is 0 Å². The number of nitrogens with zero attached hydrogens (tertiary/aromatic N) is 3. The average molecular weight is 238 g/mol. The zero-order valence-corrected chi connectivity index (χ0v) is 9.72. The Hall–Kier alpha value is -1.50. The molecule has 2 unspecified atom stereocenters. The number of H-pyrrole nitrogens is 1. The van der Waals surface area contributed by atoms with Gasteiger partial charge < -0.3 is 11.1 Å². The van der Waals surface area contributed by atoms with Crippen molar-refractivity contribution in [1.82, 2.24) is 25.9 Å². The van der Waals surface area contributed by atoms with E-state index in [0.717, 1.165) is 19.3 Å². The third-order valence-electron chi connectivity index (χ3n) is 3.36. The van der Waals surface area contributed by atoms with Crippen LogP contribution in [0.4, 0.5) is 0 Å². The molecular formula is C10H18N6O. The Kier molecular flexibility index (Phi) is 4.03. The molecule has 1 aliphatic carbocycles. The van der Waals surface area contributed by atoms with E-state index in [1.807, 2.05) is 0 Å². The van der Waals surface area contributed by atoms with Gasteiger partial charge in [-0.25, -0.2) is 0 Å². The van der Waals surface area contributed by atoms with Crippen LogP contribution in [0.1, 0.15) is 31.5 Å². The van der Waals surface area contributed by atoms with Gasteiger partial charge >= 0.3 is 0 Å². The minimum Gasteiger partial charge on any atom is -0.348 e. The Morgan fingerprint density at radius 1 is 1.47 bits per heavy atom. The number of rotatable bonds is 4. The number of amides is 1. The summed E-state index contributed by atoms with van der Waals surface area (Å²) in [6.45, 7) is 0.906. The summed E-state index contributed by atoms with van der Waals surface area (Å²) in [5.41, 5.74) is 5.70. The Labute approximate surface area is 99.5 Å². The molecule has 1 amide bonds. The minimum absolute atomic E-state index is 0.0423. The van der Waals surface area contributed by atoms with Crippen molar-refractivity contribution < 1.29 is 4.79 Å². The maximum Gasteiger partial charge on any atom is 0.223 e. The molecule has 0 aromatic carbocycles. The fourth-order valence-corrected chi connectivity index (χ4v) is 2.39. The lowest BCUT2D eigenvalue weighted by Gasteiger charge is -2.29. The molecule has 1 fully saturated rings. The SMILES string of the molecule is NCC1CCCCC1C(=O)NCc1nn[nH]n1. The third-order valence-corrected chi connectivity index (χ3v) is 3.36. The molecule has 0 spiro atoms. The van der Waals surface area contributed by atoms with Gasteiger partial charge in [0.05, 0.1) is 6.54 Å². The van der Waals surface area contributed by atoms with Crippen molar-refractivity contribution in [3.05, 3.63) is 5.82 Å². The number of hydrogen-bond acceptors (Lipinski definition) is 5. The minimum atomic E-state index is 0.0423. The van der Waals surface area contributed by atoms with Crippen molar-refractivity contribution in [1.29, 1.82) is 0 Å². The molecule has 2 atom stereocenters. The maximum absolute atomic E-state index is 12.0. The van der Waals surface area contributed by atoms with Crippen molar-refractivity contribution in [2.24, 2.45) is 17.6 Å². The van der Waals surface area contributed by atoms with Crippen LogP contribution in [0.15, 0.2) is 0 Å². The molecule has 1 saturated carbocycles. The number of hydrogen-bond donors (Lipinski definition) is 3. The molecule has 0 saturated heterocycles. The molecule has 2 rings (SSSR count). The summed E-state index contributed by atoms with van der Waals surface area (Å²) in [5.74, 6) is 0.915. The van der Waals surface area contributed by atoms with Crippen LogP contribution in [0.3, 0.4) is 0 Å². The number of nitrogens with two attached hydrogens (primary N) is 1. The van der Waals surface area contributed by atoms with E-state index < -0.39 is 0 Å². The lowest BCUT2D eigenvalue weighted by Crippen LogP contribution is -2.39. The first-order valence-electron chi connectivity index (χ1n) is 6.01. The van der Waals surface area contributed by atoms with Crippen molar-refractivity contribution in [3.8, 4) is 0 Å². The lowest BCUT2D eigenvalue weighted by molar-refractivity contribution is -0.127. The standard InChI is InChI=1S/C10H18N6O/c11-5-7-3-1-2-4-8(7)10(17)12-6-9-13-15-16-14-9/h7-8H,1-6,11H2,(H,12,17)(H,13,14,15,16). The largest absolute Gasteiger partial charge is 0.348 e. The number of carbonyl (C=O) groups excluding carboxylic acids is 1. The molecule has 1 heterocycles. The molecule has 94 valence electrons. The smallest absolute Gasteiger partial charge is 0.223 e. The molecule has 7 nitrogen and oxygen atoms in total. The van der Waals surface area contributed by atoms with E-state index >= 15 is 0 Å². The van der Waals surface area contributed by atoms with Crippen LogP contribution in [-0.2, 0) is 11.3 Å². The number of aromatic nitrogens is 4. The Bertz CT molecular complexity index is 352. The second kappa shape index (κ2) is 5.72. The second-order valence-electron chi connectivity index (χ2n) is 4.43. The van der Waals surface area contributed by atoms with Gasteiger partial charge in [0, 0.05) is 5.92 Å². The highest BCUT2D eigenvalue weighted by molar-refractivity contribution is 5.78. The molecule has 0 bridgehead atoms. The first kappa shape index (κ1) is 12.0. The molecule has 4 N–H and O–H groups in total. The van der Waals surface area contributed by atoms with E-state index in [1.165, 1.54) is 6.42 Å². The first-order chi connectivity index (χ1) is 8.31. The quantitative estimate of drug-likeness (QED) is 0.660. The summed E-state index contributed by atoms with van der Waals surface area (Å²) in [7, 11) is 0. The topological polar surface area (TPSA) is 110 Å². The van der Waals surface area contributed by atoms with Gasteiger partial charge in [0.15, 0.2) is 5.82 Å². The molecule has 7 heteroatoms. The molecule has 1 aromatic rings. The predicted octanol–water partition coefficient (Wildman–Crippen LogP) is -0.419. The third kappa shape index (κ3) is 3.00. The zero-order chi connectivity index (χ0) is 12.1. The Balaban J connectivity index is 1.85. The highest BCUT2D eigenvalue weighted by atomic mass is 16.1. The zero-order valence-electron chi connectivity index (χ0n) is 9.72. The summed E-state index contributed by atoms with van der Waals surface area (Å²) < 4.78 is 0. The van der Waals surface area contributed by atoms with E-state index in [2.05, 4.69) is 25.9 Å². The molecule has 0 radical (unpaired) electrons. The normalized spacial score (nSPS) is 24.5. The van der Waals surface area contributed by atoms with Gasteiger partial charge in [0.25, 0.3) is 0 Å². The highest BCUT2D eigenvalue weighted by Gasteiger charge is 2.29. The van der Waals surface area contributed by atoms with Gasteiger partial charge in [-0.2, -0.15) is 5.21 Å². The molecule has 1 aromatic heterocycles. The summed E-state index contributed by atoms with van der Waals surface area (Å²) in [6, 6.07) is 0. The van der Waals surface area contributed by atoms with Gasteiger partial charge in [-0.05, 0) is 25.3 Å². The molecule has 17 heavy (non-hydrogen) atoms. The predicted molar refractivity (Wildman–Crippen MR) is 60.5 cm³/mol. The maximum atomic E-state index is 12.0. The monoisotopic (exact) mass is 238 g/mol. The van der Waals surface area contributed by atoms with Crippen LogP contribution in [-0.4, -0.2) is 33.1 Å². The van der Waals surface area contributed by atoms with Crippen molar-refractivity contribution in [2.75, 3.05) is 6.54 Å². The van der Waals surface area contributed by atoms with Gasteiger partial charge in [-0.3, -0.25) is 4.79 Å². The fraction of sp³-hybridized carbons (Fsp3) is 0.800. The van der Waals surface area contributed by atoms with Gasteiger partial charge in [-0.15, -0.1) is 10.2 Å². The second-order valence-corrected chi connectivity index (χ2v) is 4.43. The fourth-order valence-electron chi connectivity index (χ4n) is 2.39. The summed E-state index contributed by atoms with van der Waals surface area (Å²) in [6.07, 6.45) is 4.27. The van der Waals surface area contributed by atoms with Crippen molar-refractivity contribution in [3.63, 3.8) is 0 Å². The van der Waals surface area contributed by atoms with Gasteiger partial charge in [-0.1, -0.05) is 18.1 Å². The van der Waals surface area contributed by atoms with Crippen LogP contribution in [0.2, 0.25) is 0 Å². The van der Waals surface area contributed by atoms with E-state index in [9.17, 15) is 4.79 Å². The highest BCUT2D eigenvalue weighted by Crippen LogP contribution is 2.29. The van der Waals surface area contributed by atoms with E-state index in [0.29, 0.717) is 24.8 Å². The van der Waals surface area contributed by atoms with Crippen LogP contribution < -0.4 is 11.1 Å². The van der Waals surface area contributed by atoms with Crippen LogP contribution in [0.25, 0.3) is 0 Å². The van der Waals surface area contributed by atoms with Crippen LogP contribution in [0, 0.1) is 11.8 Å². The van der Waals surface area contributed by atoms with Crippen LogP contribution in [0.5, 0.6) is 0 Å². The Morgan fingerprint density at radius 2 is 2.29 bits per heavy atom. The first-order valence-corrected chi connectivity index (χ1v) is 6.01. The molecule has 1 aliphatic rings. The number of carbonyl (C=O) groups is 1. The average Bonchev–Trinajstić information content (AvgIpc) is 2.89. The summed E-state index contributed by atoms with van der Waals surface area (Å²) >= 11 is 0. The number of aromatic amines is 1. The van der Waals surface area contributed by atoms with Gasteiger partial charge in [0.2, 0.25) is 5.91 Å². The summed E-state index contributed by atoms with van der Waals surface area (Å²) in [4.78, 5) is 12.0. The lowest BCUT2D eigenvalue weighted by atomic mass is 9.79. The Morgan fingerprint density at radius 3 is 3.00 bits per heavy atom. The van der Waals surface area contributed by atoms with E-state index in [-0.39, 0.29) is 11.8 Å². The van der Waals surface area contributed by atoms with Crippen LogP contribution >= 0.6 is 0 Å². The van der Waals surface area contributed by atoms with Crippen molar-refractivity contribution in [2.45, 2.75) is 32.2 Å². The number of nitrogens with one attached hydrogen (secondary N) is 2. The molecular weight excluding hydrogens is 220 g/mol. The van der Waals surface area contributed by atoms with E-state index in [4.69, 9.17) is 5.73 Å². The van der Waals surface area contributed by atoms with E-state index in [1.54, 1.807) is 0 Å². The van der Waals surface area contributed by atoms with Crippen molar-refractivity contribution >= 4 is 5.91 Å². The number of tetrazole rings is 1. The molecule has 0 aliphatic heterocycles.